The average molecular weight is 492 g/mol. The van der Waals surface area contributed by atoms with Gasteiger partial charge >= 0.3 is 11.9 Å². The van der Waals surface area contributed by atoms with E-state index in [0.29, 0.717) is 17.7 Å². The van der Waals surface area contributed by atoms with Crippen LogP contribution in [0.15, 0.2) is 54.6 Å². The fourth-order valence-electron chi connectivity index (χ4n) is 4.05. The number of carbonyl (C=O) groups excluding carboxylic acids is 2. The van der Waals surface area contributed by atoms with Crippen LogP contribution >= 0.6 is 11.3 Å². The third kappa shape index (κ3) is 6.73. The number of rotatable bonds is 11. The highest BCUT2D eigenvalue weighted by atomic mass is 32.1. The molecule has 0 spiro atoms. The summed E-state index contributed by atoms with van der Waals surface area (Å²) in [6.07, 6.45) is 4.35. The molecule has 1 aliphatic rings. The molecule has 0 radical (unpaired) electrons. The Bertz CT molecular complexity index is 992. The van der Waals surface area contributed by atoms with Crippen LogP contribution in [0.4, 0.5) is 8.78 Å². The molecule has 1 fully saturated rings. The maximum Gasteiger partial charge on any atom is 0.348 e. The molecule has 0 saturated carbocycles. The van der Waals surface area contributed by atoms with Crippen LogP contribution in [-0.4, -0.2) is 53.6 Å². The topological polar surface area (TPSA) is 66.8 Å². The predicted octanol–water partition coefficient (Wildman–Crippen LogP) is 4.89. The van der Waals surface area contributed by atoms with Gasteiger partial charge in [-0.15, -0.1) is 11.3 Å². The normalized spacial score (nSPS) is 19.5. The maximum absolute atomic E-state index is 14.2. The number of nitrogens with zero attached hydrogens (tertiary/aromatic N) is 1. The van der Waals surface area contributed by atoms with E-state index in [1.54, 1.807) is 18.2 Å². The molecule has 1 amide bonds. The van der Waals surface area contributed by atoms with Crippen molar-refractivity contribution in [3.8, 4) is 0 Å². The molecule has 2 aromatic rings. The summed E-state index contributed by atoms with van der Waals surface area (Å²) in [6.45, 7) is 2.10. The molecule has 0 aliphatic carbocycles. The third-order valence-electron chi connectivity index (χ3n) is 6.15. The van der Waals surface area contributed by atoms with Gasteiger partial charge in [-0.1, -0.05) is 49.4 Å². The molecule has 3 rings (SSSR count). The summed E-state index contributed by atoms with van der Waals surface area (Å²) >= 11 is 1.30. The van der Waals surface area contributed by atoms with Crippen molar-refractivity contribution >= 4 is 23.2 Å². The van der Waals surface area contributed by atoms with Crippen LogP contribution in [0, 0.1) is 5.92 Å². The second-order valence-corrected chi connectivity index (χ2v) is 9.88. The van der Waals surface area contributed by atoms with Crippen LogP contribution in [0.25, 0.3) is 0 Å². The summed E-state index contributed by atoms with van der Waals surface area (Å²) in [6, 6.07) is 12.7. The summed E-state index contributed by atoms with van der Waals surface area (Å²) in [4.78, 5) is 26.5. The first-order valence-electron chi connectivity index (χ1n) is 11.5. The summed E-state index contributed by atoms with van der Waals surface area (Å²) in [5.41, 5.74) is 1.18. The van der Waals surface area contributed by atoms with E-state index in [1.165, 1.54) is 28.9 Å². The third-order valence-corrected chi connectivity index (χ3v) is 7.28. The maximum atomic E-state index is 14.2. The number of thiophene rings is 1. The number of halogens is 2. The number of aliphatic hydroxyl groups excluding tert-OH is 1. The highest BCUT2D eigenvalue weighted by Gasteiger charge is 2.52. The van der Waals surface area contributed by atoms with E-state index >= 15 is 0 Å². The number of hydrogen-bond donors (Lipinski definition) is 1. The lowest BCUT2D eigenvalue weighted by Crippen LogP contribution is -2.36. The zero-order chi connectivity index (χ0) is 24.7. The molecule has 3 atom stereocenters. The lowest BCUT2D eigenvalue weighted by atomic mass is 9.95. The largest absolute Gasteiger partial charge is 0.465 e. The zero-order valence-electron chi connectivity index (χ0n) is 19.5. The van der Waals surface area contributed by atoms with E-state index in [1.807, 2.05) is 43.3 Å². The Morgan fingerprint density at radius 3 is 2.71 bits per heavy atom. The molecule has 0 unspecified atom stereocenters. The first-order chi connectivity index (χ1) is 16.2. The van der Waals surface area contributed by atoms with Crippen molar-refractivity contribution in [3.63, 3.8) is 0 Å². The second-order valence-electron chi connectivity index (χ2n) is 8.71. The minimum atomic E-state index is -3.40. The van der Waals surface area contributed by atoms with Crippen LogP contribution in [0.5, 0.6) is 0 Å². The fourth-order valence-corrected chi connectivity index (χ4v) is 5.02. The molecule has 1 saturated heterocycles. The molecular weight excluding hydrogens is 460 g/mol. The van der Waals surface area contributed by atoms with Gasteiger partial charge in [-0.05, 0) is 49.3 Å². The quantitative estimate of drug-likeness (QED) is 0.359. The van der Waals surface area contributed by atoms with E-state index in [4.69, 9.17) is 4.74 Å². The van der Waals surface area contributed by atoms with Gasteiger partial charge in [0.1, 0.15) is 4.88 Å². The summed E-state index contributed by atoms with van der Waals surface area (Å²) in [7, 11) is 1.32. The average Bonchev–Trinajstić information content (AvgIpc) is 3.39. The molecule has 1 aromatic carbocycles. The Morgan fingerprint density at radius 1 is 1.26 bits per heavy atom. The van der Waals surface area contributed by atoms with Gasteiger partial charge < -0.3 is 14.7 Å². The molecule has 1 N–H and O–H groups in total. The summed E-state index contributed by atoms with van der Waals surface area (Å²) in [5, 5.41) is 10.5. The summed E-state index contributed by atoms with van der Waals surface area (Å²) in [5.74, 6) is -5.03. The van der Waals surface area contributed by atoms with Gasteiger partial charge in [0.2, 0.25) is 0 Å². The van der Waals surface area contributed by atoms with Gasteiger partial charge in [0.25, 0.3) is 5.91 Å². The van der Waals surface area contributed by atoms with E-state index < -0.39 is 36.4 Å². The Labute approximate surface area is 203 Å². The fraction of sp³-hybridized carbons (Fsp3) is 0.462. The molecule has 0 bridgehead atoms. The number of aryl methyl sites for hydroxylation is 2. The first kappa shape index (κ1) is 26.0. The second kappa shape index (κ2) is 11.7. The number of carbonyl (C=O) groups is 2. The molecule has 34 heavy (non-hydrogen) atoms. The number of ether oxygens (including phenoxy) is 1. The minimum Gasteiger partial charge on any atom is -0.465 e. The molecule has 1 aliphatic heterocycles. The number of esters is 1. The standard InChI is InChI=1S/C26H31F2NO4S/c1-18(10-11-19-7-4-3-5-8-19)22(30)14-12-20-17-26(27,28)25(32)29(20)16-6-9-21-13-15-23(34-21)24(31)33-2/h3-5,7-8,12-15,18,20,22,30H,6,9-11,16-17H2,1-2H3/t18-,20+,22+/m1/s1. The number of aliphatic hydroxyl groups is 1. The Hall–Kier alpha value is -2.58. The van der Waals surface area contributed by atoms with Crippen molar-refractivity contribution in [2.24, 2.45) is 5.92 Å². The van der Waals surface area contributed by atoms with Gasteiger partial charge in [-0.3, -0.25) is 4.79 Å². The first-order valence-corrected chi connectivity index (χ1v) is 12.3. The van der Waals surface area contributed by atoms with Gasteiger partial charge in [0, 0.05) is 17.8 Å². The van der Waals surface area contributed by atoms with Crippen molar-refractivity contribution in [3.05, 3.63) is 69.9 Å². The number of benzene rings is 1. The van der Waals surface area contributed by atoms with Gasteiger partial charge in [0.05, 0.1) is 19.3 Å². The molecule has 2 heterocycles. The monoisotopic (exact) mass is 491 g/mol. The lowest BCUT2D eigenvalue weighted by molar-refractivity contribution is -0.148. The van der Waals surface area contributed by atoms with Crippen LogP contribution in [-0.2, 0) is 22.4 Å². The molecule has 5 nitrogen and oxygen atoms in total. The molecular formula is C26H31F2NO4S. The van der Waals surface area contributed by atoms with E-state index in [9.17, 15) is 23.5 Å². The van der Waals surface area contributed by atoms with Crippen molar-refractivity contribution < 1.29 is 28.2 Å². The number of alkyl halides is 2. The highest BCUT2D eigenvalue weighted by Crippen LogP contribution is 2.34. The number of likely N-dealkylation sites (tertiary alicyclic amines) is 1. The minimum absolute atomic E-state index is 0.0506. The van der Waals surface area contributed by atoms with Crippen LogP contribution in [0.3, 0.4) is 0 Å². The lowest BCUT2D eigenvalue weighted by Gasteiger charge is -2.22. The Morgan fingerprint density at radius 2 is 2.00 bits per heavy atom. The van der Waals surface area contributed by atoms with Crippen LogP contribution in [0.1, 0.15) is 46.3 Å². The Kier molecular flexibility index (Phi) is 8.97. The van der Waals surface area contributed by atoms with E-state index in [2.05, 4.69) is 0 Å². The molecule has 184 valence electrons. The number of amides is 1. The SMILES string of the molecule is COC(=O)c1ccc(CCCN2C(=O)C(F)(F)C[C@@H]2C=C[C@H](O)[C@H](C)CCc2ccccc2)s1. The van der Waals surface area contributed by atoms with Crippen molar-refractivity contribution in [1.29, 1.82) is 0 Å². The molecule has 1 aromatic heterocycles. The van der Waals surface area contributed by atoms with Crippen molar-refractivity contribution in [1.82, 2.24) is 4.90 Å². The number of hydrogen-bond acceptors (Lipinski definition) is 5. The highest BCUT2D eigenvalue weighted by molar-refractivity contribution is 7.13. The zero-order valence-corrected chi connectivity index (χ0v) is 20.3. The van der Waals surface area contributed by atoms with Crippen LogP contribution < -0.4 is 0 Å². The van der Waals surface area contributed by atoms with Crippen molar-refractivity contribution in [2.45, 2.75) is 57.1 Å². The van der Waals surface area contributed by atoms with Crippen molar-refractivity contribution in [2.75, 3.05) is 13.7 Å². The van der Waals surface area contributed by atoms with E-state index in [0.717, 1.165) is 17.7 Å². The van der Waals surface area contributed by atoms with Gasteiger partial charge in [0.15, 0.2) is 0 Å². The molecule has 8 heteroatoms. The van der Waals surface area contributed by atoms with Gasteiger partial charge in [-0.25, -0.2) is 4.79 Å². The van der Waals surface area contributed by atoms with E-state index in [-0.39, 0.29) is 12.5 Å². The Balaban J connectivity index is 1.54. The van der Waals surface area contributed by atoms with Crippen LogP contribution in [0.2, 0.25) is 0 Å². The predicted molar refractivity (Wildman–Crippen MR) is 128 cm³/mol. The summed E-state index contributed by atoms with van der Waals surface area (Å²) < 4.78 is 33.0. The van der Waals surface area contributed by atoms with Gasteiger partial charge in [-0.2, -0.15) is 8.78 Å². The number of methoxy groups -OCH3 is 1. The smallest absolute Gasteiger partial charge is 0.348 e.